The van der Waals surface area contributed by atoms with E-state index in [1.165, 1.54) is 37.4 Å². The lowest BCUT2D eigenvalue weighted by Crippen LogP contribution is -2.53. The Hall–Kier alpha value is -5.74. The summed E-state index contributed by atoms with van der Waals surface area (Å²) in [7, 11) is 1.46. The maximum absolute atomic E-state index is 15.4. The number of carboxylic acids is 1. The minimum Gasteiger partial charge on any atom is -0.508 e. The molecule has 4 amide bonds. The molecule has 8 rings (SSSR count). The monoisotopic (exact) mass is 702 g/mol. The zero-order chi connectivity index (χ0) is 35.8. The zero-order valence-corrected chi connectivity index (χ0v) is 28.0. The molecule has 2 aliphatic heterocycles. The highest BCUT2D eigenvalue weighted by Gasteiger charge is 2.71. The second kappa shape index (κ2) is 11.9. The first-order valence-electron chi connectivity index (χ1n) is 16.6. The van der Waals surface area contributed by atoms with Gasteiger partial charge in [-0.25, -0.2) is 9.69 Å². The molecule has 10 nitrogen and oxygen atoms in total. The van der Waals surface area contributed by atoms with Crippen molar-refractivity contribution in [3.05, 3.63) is 130 Å². The van der Waals surface area contributed by atoms with Crippen molar-refractivity contribution in [1.82, 2.24) is 0 Å². The number of fused-ring (bicyclic) bond motifs is 4. The van der Waals surface area contributed by atoms with Crippen LogP contribution in [-0.2, 0) is 24.6 Å². The van der Waals surface area contributed by atoms with Crippen molar-refractivity contribution in [2.24, 2.45) is 23.7 Å². The van der Waals surface area contributed by atoms with Crippen molar-refractivity contribution >= 4 is 52.6 Å². The molecule has 4 aromatic carbocycles. The van der Waals surface area contributed by atoms with Gasteiger partial charge < -0.3 is 14.9 Å². The molecule has 0 bridgehead atoms. The molecule has 2 saturated heterocycles. The van der Waals surface area contributed by atoms with Crippen LogP contribution in [0.4, 0.5) is 11.4 Å². The summed E-state index contributed by atoms with van der Waals surface area (Å²) in [5, 5.41) is 21.6. The topological polar surface area (TPSA) is 142 Å². The van der Waals surface area contributed by atoms with Crippen LogP contribution in [-0.4, -0.2) is 46.9 Å². The van der Waals surface area contributed by atoms with Gasteiger partial charge in [0.05, 0.1) is 47.2 Å². The summed E-state index contributed by atoms with van der Waals surface area (Å²) in [6.45, 7) is 0. The number of ether oxygens (including phenoxy) is 1. The number of nitrogens with zero attached hydrogens (tertiary/aromatic N) is 2. The van der Waals surface area contributed by atoms with Gasteiger partial charge in [-0.1, -0.05) is 71.8 Å². The highest BCUT2D eigenvalue weighted by molar-refractivity contribution is 6.32. The molecule has 4 aliphatic rings. The molecular formula is C40H31ClN2O8. The Kier molecular flexibility index (Phi) is 7.61. The highest BCUT2D eigenvalue weighted by atomic mass is 35.5. The molecule has 0 radical (unpaired) electrons. The van der Waals surface area contributed by atoms with Crippen LogP contribution >= 0.6 is 11.6 Å². The molecule has 11 heteroatoms. The predicted octanol–water partition coefficient (Wildman–Crippen LogP) is 6.12. The number of carbonyl (C=O) groups excluding carboxylic acids is 4. The number of rotatable bonds is 6. The number of methoxy groups -OCH3 is 1. The van der Waals surface area contributed by atoms with Gasteiger partial charge in [0.25, 0.3) is 0 Å². The van der Waals surface area contributed by atoms with E-state index in [-0.39, 0.29) is 35.5 Å². The van der Waals surface area contributed by atoms with Gasteiger partial charge >= 0.3 is 5.97 Å². The molecule has 0 spiro atoms. The van der Waals surface area contributed by atoms with Gasteiger partial charge in [0.15, 0.2) is 0 Å². The van der Waals surface area contributed by atoms with E-state index in [1.807, 2.05) is 12.1 Å². The Balaban J connectivity index is 1.36. The third kappa shape index (κ3) is 4.59. The van der Waals surface area contributed by atoms with E-state index < -0.39 is 64.6 Å². The fourth-order valence-corrected chi connectivity index (χ4v) is 9.28. The molecule has 256 valence electrons. The molecule has 0 unspecified atom stereocenters. The number of hydrogen-bond donors (Lipinski definition) is 2. The third-order valence-electron chi connectivity index (χ3n) is 11.1. The number of hydrogen-bond acceptors (Lipinski definition) is 7. The van der Waals surface area contributed by atoms with Crippen LogP contribution in [0.15, 0.2) is 109 Å². The average molecular weight is 703 g/mol. The van der Waals surface area contributed by atoms with E-state index in [0.29, 0.717) is 27.5 Å². The van der Waals surface area contributed by atoms with E-state index in [1.54, 1.807) is 60.7 Å². The van der Waals surface area contributed by atoms with Crippen LogP contribution in [0.1, 0.15) is 40.2 Å². The maximum atomic E-state index is 15.4. The molecule has 1 saturated carbocycles. The fourth-order valence-electron chi connectivity index (χ4n) is 9.09. The van der Waals surface area contributed by atoms with Gasteiger partial charge in [0.1, 0.15) is 11.5 Å². The Morgan fingerprint density at radius 2 is 1.53 bits per heavy atom. The molecular weight excluding hydrogens is 672 g/mol. The van der Waals surface area contributed by atoms with Crippen molar-refractivity contribution in [2.45, 2.75) is 24.2 Å². The number of anilines is 2. The second-order valence-corrected chi connectivity index (χ2v) is 13.8. The number of phenols is 1. The van der Waals surface area contributed by atoms with Crippen molar-refractivity contribution in [3.8, 4) is 11.5 Å². The van der Waals surface area contributed by atoms with Gasteiger partial charge in [0, 0.05) is 16.5 Å². The number of benzene rings is 4. The highest BCUT2D eigenvalue weighted by Crippen LogP contribution is 2.66. The van der Waals surface area contributed by atoms with Crippen LogP contribution in [0.5, 0.6) is 11.5 Å². The number of aromatic hydroxyl groups is 1. The number of amides is 4. The van der Waals surface area contributed by atoms with E-state index in [0.717, 1.165) is 9.80 Å². The van der Waals surface area contributed by atoms with Gasteiger partial charge in [-0.2, -0.15) is 0 Å². The van der Waals surface area contributed by atoms with Gasteiger partial charge in [-0.3, -0.25) is 24.1 Å². The van der Waals surface area contributed by atoms with Crippen molar-refractivity contribution in [2.75, 3.05) is 16.9 Å². The normalized spacial score (nSPS) is 26.8. The summed E-state index contributed by atoms with van der Waals surface area (Å²) in [6, 6.07) is 26.0. The Morgan fingerprint density at radius 3 is 2.24 bits per heavy atom. The molecule has 4 aromatic rings. The minimum atomic E-state index is -1.59. The lowest BCUT2D eigenvalue weighted by Gasteiger charge is -2.51. The van der Waals surface area contributed by atoms with E-state index in [9.17, 15) is 29.4 Å². The van der Waals surface area contributed by atoms with Crippen LogP contribution < -0.4 is 14.5 Å². The molecule has 0 aromatic heterocycles. The Labute approximate surface area is 297 Å². The summed E-state index contributed by atoms with van der Waals surface area (Å²) >= 11 is 6.37. The summed E-state index contributed by atoms with van der Waals surface area (Å²) in [4.78, 5) is 72.8. The smallest absolute Gasteiger partial charge is 0.335 e. The van der Waals surface area contributed by atoms with Gasteiger partial charge in [-0.05, 0) is 72.9 Å². The van der Waals surface area contributed by atoms with Crippen LogP contribution in [0.3, 0.4) is 0 Å². The van der Waals surface area contributed by atoms with Crippen LogP contribution in [0, 0.1) is 23.7 Å². The quantitative estimate of drug-likeness (QED) is 0.181. The Bertz CT molecular complexity index is 2200. The van der Waals surface area contributed by atoms with Crippen LogP contribution in [0.2, 0.25) is 5.02 Å². The first-order chi connectivity index (χ1) is 24.6. The lowest BCUT2D eigenvalue weighted by molar-refractivity contribution is -0.127. The molecule has 51 heavy (non-hydrogen) atoms. The zero-order valence-electron chi connectivity index (χ0n) is 27.2. The number of carboxylic acid groups (broad SMARTS) is 1. The van der Waals surface area contributed by atoms with Crippen molar-refractivity contribution in [3.63, 3.8) is 0 Å². The standard InChI is InChI=1S/C40H31ClN2O8/c1-51-31-15-7-14-30(44)33(31)34-26-16-17-27-32(37(47)42(35(27)45)24-12-5-8-21(18-24)38(48)49)28(26)20-29-36(46)43(25-13-6-11-23(41)19-25)39(50)40(29,34)22-9-3-2-4-10-22/h2-16,18-19,27-29,32,34,44H,17,20H2,1H3,(H,48,49)/t27-,28+,29-,32-,34+,40+/m0/s1. The summed E-state index contributed by atoms with van der Waals surface area (Å²) in [6.07, 6.45) is 2.09. The minimum absolute atomic E-state index is 0.0535. The average Bonchev–Trinajstić information content (AvgIpc) is 3.52. The number of carbonyl (C=O) groups is 5. The molecule has 2 aliphatic carbocycles. The lowest BCUT2D eigenvalue weighted by atomic mass is 9.49. The van der Waals surface area contributed by atoms with Crippen molar-refractivity contribution in [1.29, 1.82) is 0 Å². The van der Waals surface area contributed by atoms with Crippen molar-refractivity contribution < 1.29 is 38.9 Å². The molecule has 2 N–H and O–H groups in total. The van der Waals surface area contributed by atoms with E-state index >= 15 is 4.79 Å². The predicted molar refractivity (Wildman–Crippen MR) is 187 cm³/mol. The second-order valence-electron chi connectivity index (χ2n) is 13.4. The number of aromatic carboxylic acids is 1. The maximum Gasteiger partial charge on any atom is 0.335 e. The van der Waals surface area contributed by atoms with Crippen LogP contribution in [0.25, 0.3) is 0 Å². The van der Waals surface area contributed by atoms with Gasteiger partial charge in [0.2, 0.25) is 23.6 Å². The van der Waals surface area contributed by atoms with Gasteiger partial charge in [-0.15, -0.1) is 0 Å². The number of phenolic OH excluding ortho intramolecular Hbond substituents is 1. The number of halogens is 1. The SMILES string of the molecule is COc1cccc(O)c1[C@H]1C2=CC[C@@H]3C(=O)N(c4cccc(C(=O)O)c4)C(=O)[C@@H]3[C@@H]2C[C@H]2C(=O)N(c3cccc(Cl)c3)C(=O)[C@@]12c1ccccc1. The molecule has 3 fully saturated rings. The summed E-state index contributed by atoms with van der Waals surface area (Å²) in [5.41, 5.74) is 0.256. The largest absolute Gasteiger partial charge is 0.508 e. The summed E-state index contributed by atoms with van der Waals surface area (Å²) < 4.78 is 5.82. The number of imide groups is 2. The van der Waals surface area contributed by atoms with E-state index in [4.69, 9.17) is 16.3 Å². The third-order valence-corrected chi connectivity index (χ3v) is 11.3. The first kappa shape index (κ1) is 32.5. The Morgan fingerprint density at radius 1 is 0.824 bits per heavy atom. The fraction of sp³-hybridized carbons (Fsp3) is 0.225. The summed E-state index contributed by atoms with van der Waals surface area (Å²) in [5.74, 6) is -7.46. The first-order valence-corrected chi connectivity index (χ1v) is 16.9. The number of allylic oxidation sites excluding steroid dienone is 2. The molecule has 6 atom stereocenters. The van der Waals surface area contributed by atoms with E-state index in [2.05, 4.69) is 0 Å². The molecule has 2 heterocycles.